The highest BCUT2D eigenvalue weighted by molar-refractivity contribution is 7.80. The van der Waals surface area contributed by atoms with Crippen LogP contribution in [-0.4, -0.2) is 87.4 Å². The average Bonchev–Trinajstić information content (AvgIpc) is 3.25. The van der Waals surface area contributed by atoms with E-state index in [-0.39, 0.29) is 12.9 Å². The van der Waals surface area contributed by atoms with Crippen LogP contribution >= 0.6 is 24.4 Å². The van der Waals surface area contributed by atoms with E-state index in [1.165, 1.54) is 0 Å². The lowest BCUT2D eigenvalue weighted by molar-refractivity contribution is -0.0849. The molecule has 1 fully saturated rings. The van der Waals surface area contributed by atoms with E-state index >= 15 is 0 Å². The van der Waals surface area contributed by atoms with Crippen LogP contribution in [0.4, 0.5) is 0 Å². The van der Waals surface area contributed by atoms with Gasteiger partial charge in [0.05, 0.1) is 18.3 Å². The molecule has 0 bridgehead atoms. The number of hydrogen-bond donors (Lipinski definition) is 8. The summed E-state index contributed by atoms with van der Waals surface area (Å²) in [6, 6.07) is 0. The molecular weight excluding hydrogens is 428 g/mol. The maximum absolute atomic E-state index is 10.4. The summed E-state index contributed by atoms with van der Waals surface area (Å²) in [7, 11) is 0. The van der Waals surface area contributed by atoms with Crippen molar-refractivity contribution in [3.63, 3.8) is 0 Å². The van der Waals surface area contributed by atoms with E-state index in [2.05, 4.69) is 26.6 Å². The van der Waals surface area contributed by atoms with Crippen LogP contribution in [0.25, 0.3) is 0 Å². The van der Waals surface area contributed by atoms with Gasteiger partial charge in [-0.05, 0) is 26.3 Å². The maximum Gasteiger partial charge on any atom is 0.162 e. The molecule has 12 heteroatoms. The summed E-state index contributed by atoms with van der Waals surface area (Å²) in [5.41, 5.74) is 0.724. The maximum atomic E-state index is 10.4. The largest absolute Gasteiger partial charge is 0.394 e. The van der Waals surface area contributed by atoms with E-state index in [4.69, 9.17) is 29.2 Å². The minimum Gasteiger partial charge on any atom is -0.394 e. The molecule has 0 aromatic heterocycles. The van der Waals surface area contributed by atoms with E-state index in [1.807, 2.05) is 6.92 Å². The van der Waals surface area contributed by atoms with E-state index in [1.54, 1.807) is 4.90 Å². The molecule has 5 atom stereocenters. The second-order valence-corrected chi connectivity index (χ2v) is 8.68. The van der Waals surface area contributed by atoms with Crippen LogP contribution in [0.15, 0.2) is 11.5 Å². The van der Waals surface area contributed by atoms with Crippen molar-refractivity contribution in [3.8, 4) is 0 Å². The first-order valence-corrected chi connectivity index (χ1v) is 11.2. The third-order valence-electron chi connectivity index (χ3n) is 5.38. The summed E-state index contributed by atoms with van der Waals surface area (Å²) >= 11 is 10.5. The number of aliphatic hydroxyl groups is 3. The van der Waals surface area contributed by atoms with E-state index in [0.717, 1.165) is 49.5 Å². The smallest absolute Gasteiger partial charge is 0.162 e. The zero-order valence-electron chi connectivity index (χ0n) is 17.1. The molecule has 0 aromatic carbocycles. The first-order chi connectivity index (χ1) is 14.4. The van der Waals surface area contributed by atoms with Gasteiger partial charge in [-0.3, -0.25) is 5.32 Å². The predicted molar refractivity (Wildman–Crippen MR) is 120 cm³/mol. The minimum atomic E-state index is -1.14. The first-order valence-electron chi connectivity index (χ1n) is 10.3. The van der Waals surface area contributed by atoms with Gasteiger partial charge in [-0.1, -0.05) is 37.3 Å². The van der Waals surface area contributed by atoms with Crippen molar-refractivity contribution in [1.82, 2.24) is 31.5 Å². The van der Waals surface area contributed by atoms with Crippen LogP contribution in [0.5, 0.6) is 0 Å². The molecule has 1 saturated heterocycles. The Balaban J connectivity index is 1.46. The fourth-order valence-corrected chi connectivity index (χ4v) is 4.15. The molecule has 0 radical (unpaired) electrons. The molecule has 0 saturated carbocycles. The third-order valence-corrected chi connectivity index (χ3v) is 5.85. The summed E-state index contributed by atoms with van der Waals surface area (Å²) in [6.45, 7) is 3.64. The summed E-state index contributed by atoms with van der Waals surface area (Å²) in [6.07, 6.45) is 0.252. The normalized spacial score (nSPS) is 30.6. The lowest BCUT2D eigenvalue weighted by Crippen LogP contribution is -2.60. The fraction of sp³-hybridized carbons (Fsp3) is 0.778. The van der Waals surface area contributed by atoms with Gasteiger partial charge in [0, 0.05) is 6.54 Å². The topological polar surface area (TPSA) is 133 Å². The van der Waals surface area contributed by atoms with Gasteiger partial charge in [0.2, 0.25) is 0 Å². The van der Waals surface area contributed by atoms with E-state index in [0.29, 0.717) is 17.5 Å². The summed E-state index contributed by atoms with van der Waals surface area (Å²) in [4.78, 5) is 3.19. The predicted octanol–water partition coefficient (Wildman–Crippen LogP) is -1.65. The van der Waals surface area contributed by atoms with Gasteiger partial charge in [0.1, 0.15) is 34.8 Å². The molecule has 3 aliphatic heterocycles. The summed E-state index contributed by atoms with van der Waals surface area (Å²) in [5, 5.41) is 46.0. The highest BCUT2D eigenvalue weighted by atomic mass is 32.1. The minimum absolute atomic E-state index is 0.255. The van der Waals surface area contributed by atoms with E-state index in [9.17, 15) is 15.3 Å². The van der Waals surface area contributed by atoms with Crippen LogP contribution in [-0.2, 0) is 4.74 Å². The molecule has 0 amide bonds. The molecule has 3 rings (SSSR count). The lowest BCUT2D eigenvalue weighted by Gasteiger charge is -2.35. The Morgan fingerprint density at radius 3 is 2.57 bits per heavy atom. The van der Waals surface area contributed by atoms with Gasteiger partial charge >= 0.3 is 0 Å². The van der Waals surface area contributed by atoms with Gasteiger partial charge in [0.25, 0.3) is 0 Å². The molecule has 0 aromatic rings. The second-order valence-electron chi connectivity index (χ2n) is 7.66. The monoisotopic (exact) mass is 460 g/mol. The standard InChI is InChI=1S/C18H32N6O4S2/c1-10(29)19-6-4-2-3-5-7-20-18-22-15-12(16(30)23-18)21-9-24(15)17-14(27)13(26)11(8-25)28-17/h11,13-14,17-18,20-22,25-27H,2-9H2,1H3,(H,19,29)(H,23,30)/t11-,13+,14?,17?,18?/m1/s1. The fourth-order valence-electron chi connectivity index (χ4n) is 3.76. The summed E-state index contributed by atoms with van der Waals surface area (Å²) in [5.74, 6) is 0.702. The first kappa shape index (κ1) is 23.4. The summed E-state index contributed by atoms with van der Waals surface area (Å²) < 4.78 is 5.66. The van der Waals surface area contributed by atoms with Crippen LogP contribution < -0.4 is 26.6 Å². The van der Waals surface area contributed by atoms with Crippen LogP contribution in [0.3, 0.4) is 0 Å². The van der Waals surface area contributed by atoms with Crippen LogP contribution in [0.1, 0.15) is 32.6 Å². The number of unbranched alkanes of at least 4 members (excludes halogenated alkanes) is 3. The highest BCUT2D eigenvalue weighted by Gasteiger charge is 2.48. The molecule has 170 valence electrons. The number of thiocarbonyl (C=S) groups is 2. The van der Waals surface area contributed by atoms with Gasteiger partial charge in [-0.2, -0.15) is 0 Å². The molecule has 3 heterocycles. The molecule has 8 N–H and O–H groups in total. The Morgan fingerprint density at radius 2 is 1.90 bits per heavy atom. The molecular formula is C18H32N6O4S2. The Morgan fingerprint density at radius 1 is 1.17 bits per heavy atom. The Labute approximate surface area is 187 Å². The SMILES string of the molecule is CC(=S)NCCCCCCNC1NC(=S)C2=C(N1)N(C1O[C@H](CO)[C@H](O)C1O)CN2. The average molecular weight is 461 g/mol. The lowest BCUT2D eigenvalue weighted by atomic mass is 10.1. The number of hydrogen-bond acceptors (Lipinski definition) is 10. The van der Waals surface area contributed by atoms with Crippen molar-refractivity contribution in [2.24, 2.45) is 0 Å². The molecule has 10 nitrogen and oxygen atoms in total. The number of aliphatic hydroxyl groups excluding tert-OH is 3. The van der Waals surface area contributed by atoms with Crippen molar-refractivity contribution < 1.29 is 20.1 Å². The number of nitrogens with one attached hydrogen (secondary N) is 5. The van der Waals surface area contributed by atoms with Gasteiger partial charge < -0.3 is 46.2 Å². The van der Waals surface area contributed by atoms with Gasteiger partial charge in [-0.25, -0.2) is 0 Å². The van der Waals surface area contributed by atoms with E-state index < -0.39 is 24.5 Å². The van der Waals surface area contributed by atoms with Crippen LogP contribution in [0, 0.1) is 0 Å². The Bertz CT molecular complexity index is 667. The van der Waals surface area contributed by atoms with Gasteiger partial charge in [0.15, 0.2) is 12.5 Å². The number of rotatable bonds is 10. The molecule has 3 unspecified atom stereocenters. The highest BCUT2D eigenvalue weighted by Crippen LogP contribution is 2.29. The second kappa shape index (κ2) is 10.8. The Kier molecular flexibility index (Phi) is 8.45. The third kappa shape index (κ3) is 5.49. The molecule has 3 aliphatic rings. The van der Waals surface area contributed by atoms with Crippen molar-refractivity contribution in [1.29, 1.82) is 0 Å². The number of ether oxygens (including phenoxy) is 1. The van der Waals surface area contributed by atoms with Crippen molar-refractivity contribution >= 4 is 34.4 Å². The zero-order valence-corrected chi connectivity index (χ0v) is 18.7. The molecule has 0 aliphatic carbocycles. The van der Waals surface area contributed by atoms with Crippen LogP contribution in [0.2, 0.25) is 0 Å². The zero-order chi connectivity index (χ0) is 21.7. The Hall–Kier alpha value is -1.28. The van der Waals surface area contributed by atoms with Gasteiger partial charge in [-0.15, -0.1) is 0 Å². The number of nitrogens with zero attached hydrogens (tertiary/aromatic N) is 1. The van der Waals surface area contributed by atoms with Crippen molar-refractivity contribution in [2.45, 2.75) is 63.4 Å². The van der Waals surface area contributed by atoms with Crippen molar-refractivity contribution in [3.05, 3.63) is 11.5 Å². The quantitative estimate of drug-likeness (QED) is 0.140. The molecule has 30 heavy (non-hydrogen) atoms. The molecule has 0 spiro atoms. The van der Waals surface area contributed by atoms with Crippen molar-refractivity contribution in [2.75, 3.05) is 26.4 Å².